The number of fused-ring (bicyclic) bond motifs is 3. The monoisotopic (exact) mass is 203 g/mol. The fraction of sp³-hybridized carbons (Fsp3) is 0.538. The van der Waals surface area contributed by atoms with E-state index in [9.17, 15) is 0 Å². The highest BCUT2D eigenvalue weighted by molar-refractivity contribution is 5.50. The standard InChI is InChI=1S/C13H17NO/c1-2-14-11-5-3-9-4-6-12-10(13(9)11)7-8-15-12/h4,6,11,14H,2-3,5,7-8H2,1H3. The highest BCUT2D eigenvalue weighted by Gasteiger charge is 2.28. The van der Waals surface area contributed by atoms with Gasteiger partial charge >= 0.3 is 0 Å². The van der Waals surface area contributed by atoms with Crippen LogP contribution in [0.15, 0.2) is 12.1 Å². The topological polar surface area (TPSA) is 21.3 Å². The normalized spacial score (nSPS) is 22.3. The molecule has 2 nitrogen and oxygen atoms in total. The van der Waals surface area contributed by atoms with E-state index in [2.05, 4.69) is 24.4 Å². The Hall–Kier alpha value is -1.02. The fourth-order valence-electron chi connectivity index (χ4n) is 2.90. The number of ether oxygens (including phenoxy) is 1. The minimum absolute atomic E-state index is 0.571. The van der Waals surface area contributed by atoms with Gasteiger partial charge in [0.25, 0.3) is 0 Å². The molecule has 1 heterocycles. The van der Waals surface area contributed by atoms with Gasteiger partial charge in [-0.05, 0) is 36.6 Å². The lowest BCUT2D eigenvalue weighted by Gasteiger charge is -2.15. The van der Waals surface area contributed by atoms with Crippen molar-refractivity contribution in [2.45, 2.75) is 32.2 Å². The average molecular weight is 203 g/mol. The van der Waals surface area contributed by atoms with Crippen LogP contribution in [0.2, 0.25) is 0 Å². The van der Waals surface area contributed by atoms with Crippen molar-refractivity contribution in [3.05, 3.63) is 28.8 Å². The molecule has 0 amide bonds. The second kappa shape index (κ2) is 3.53. The maximum atomic E-state index is 5.62. The van der Waals surface area contributed by atoms with Crippen LogP contribution >= 0.6 is 0 Å². The third-order valence-electron chi connectivity index (χ3n) is 3.52. The Morgan fingerprint density at radius 3 is 3.20 bits per heavy atom. The molecule has 80 valence electrons. The summed E-state index contributed by atoms with van der Waals surface area (Å²) in [6, 6.07) is 4.97. The molecule has 0 spiro atoms. The molecular formula is C13H17NO. The van der Waals surface area contributed by atoms with Crippen molar-refractivity contribution in [1.82, 2.24) is 5.32 Å². The summed E-state index contributed by atoms with van der Waals surface area (Å²) < 4.78 is 5.62. The first-order chi connectivity index (χ1) is 7.40. The highest BCUT2D eigenvalue weighted by atomic mass is 16.5. The van der Waals surface area contributed by atoms with E-state index in [1.165, 1.54) is 24.0 Å². The first kappa shape index (κ1) is 9.22. The molecule has 0 bridgehead atoms. The summed E-state index contributed by atoms with van der Waals surface area (Å²) in [5, 5.41) is 3.57. The summed E-state index contributed by atoms with van der Waals surface area (Å²) in [6.07, 6.45) is 3.57. The van der Waals surface area contributed by atoms with Crippen LogP contribution < -0.4 is 10.1 Å². The summed E-state index contributed by atoms with van der Waals surface area (Å²) in [6.45, 7) is 4.09. The van der Waals surface area contributed by atoms with Gasteiger partial charge in [-0.1, -0.05) is 13.0 Å². The molecule has 0 saturated carbocycles. The van der Waals surface area contributed by atoms with Crippen LogP contribution in [-0.4, -0.2) is 13.2 Å². The van der Waals surface area contributed by atoms with Crippen LogP contribution in [0.25, 0.3) is 0 Å². The van der Waals surface area contributed by atoms with E-state index in [0.717, 1.165) is 25.3 Å². The zero-order valence-electron chi connectivity index (χ0n) is 9.18. The molecule has 1 aromatic carbocycles. The number of hydrogen-bond acceptors (Lipinski definition) is 2. The number of rotatable bonds is 2. The maximum Gasteiger partial charge on any atom is 0.122 e. The average Bonchev–Trinajstić information content (AvgIpc) is 2.83. The van der Waals surface area contributed by atoms with Gasteiger partial charge in [0.1, 0.15) is 5.75 Å². The quantitative estimate of drug-likeness (QED) is 0.795. The Bertz CT molecular complexity index is 384. The van der Waals surface area contributed by atoms with Crippen LogP contribution in [0.3, 0.4) is 0 Å². The van der Waals surface area contributed by atoms with Crippen molar-refractivity contribution in [3.8, 4) is 5.75 Å². The van der Waals surface area contributed by atoms with Crippen LogP contribution in [0.5, 0.6) is 5.75 Å². The minimum Gasteiger partial charge on any atom is -0.493 e. The molecule has 2 heteroatoms. The Balaban J connectivity index is 2.05. The maximum absolute atomic E-state index is 5.62. The van der Waals surface area contributed by atoms with Gasteiger partial charge in [-0.15, -0.1) is 0 Å². The van der Waals surface area contributed by atoms with Gasteiger partial charge in [-0.25, -0.2) is 0 Å². The smallest absolute Gasteiger partial charge is 0.122 e. The molecule has 1 aliphatic carbocycles. The molecule has 2 aliphatic rings. The van der Waals surface area contributed by atoms with E-state index >= 15 is 0 Å². The molecule has 0 aromatic heterocycles. The fourth-order valence-corrected chi connectivity index (χ4v) is 2.90. The first-order valence-corrected chi connectivity index (χ1v) is 5.91. The second-order valence-corrected chi connectivity index (χ2v) is 4.36. The van der Waals surface area contributed by atoms with E-state index in [1.807, 2.05) is 0 Å². The van der Waals surface area contributed by atoms with Crippen molar-refractivity contribution in [3.63, 3.8) is 0 Å². The third-order valence-corrected chi connectivity index (χ3v) is 3.52. The van der Waals surface area contributed by atoms with E-state index in [4.69, 9.17) is 4.74 Å². The summed E-state index contributed by atoms with van der Waals surface area (Å²) >= 11 is 0. The molecular weight excluding hydrogens is 186 g/mol. The molecule has 3 rings (SSSR count). The van der Waals surface area contributed by atoms with Gasteiger partial charge in [0.15, 0.2) is 0 Å². The Labute approximate surface area is 90.6 Å². The largest absolute Gasteiger partial charge is 0.493 e. The molecule has 15 heavy (non-hydrogen) atoms. The number of nitrogens with one attached hydrogen (secondary N) is 1. The van der Waals surface area contributed by atoms with Gasteiger partial charge < -0.3 is 10.1 Å². The molecule has 1 aromatic rings. The highest BCUT2D eigenvalue weighted by Crippen LogP contribution is 2.40. The van der Waals surface area contributed by atoms with E-state index < -0.39 is 0 Å². The van der Waals surface area contributed by atoms with Crippen LogP contribution in [0, 0.1) is 0 Å². The van der Waals surface area contributed by atoms with Crippen molar-refractivity contribution < 1.29 is 4.74 Å². The summed E-state index contributed by atoms with van der Waals surface area (Å²) in [7, 11) is 0. The van der Waals surface area contributed by atoms with Crippen molar-refractivity contribution in [1.29, 1.82) is 0 Å². The van der Waals surface area contributed by atoms with Crippen LogP contribution in [0.4, 0.5) is 0 Å². The summed E-state index contributed by atoms with van der Waals surface area (Å²) in [5.74, 6) is 1.12. The lowest BCUT2D eigenvalue weighted by molar-refractivity contribution is 0.357. The zero-order chi connectivity index (χ0) is 10.3. The molecule has 0 saturated heterocycles. The zero-order valence-corrected chi connectivity index (χ0v) is 9.18. The van der Waals surface area contributed by atoms with Crippen LogP contribution in [-0.2, 0) is 12.8 Å². The number of benzene rings is 1. The van der Waals surface area contributed by atoms with Gasteiger partial charge in [0, 0.05) is 18.0 Å². The third kappa shape index (κ3) is 1.36. The molecule has 1 unspecified atom stereocenters. The predicted molar refractivity (Wildman–Crippen MR) is 60.4 cm³/mol. The Morgan fingerprint density at radius 2 is 2.33 bits per heavy atom. The van der Waals surface area contributed by atoms with Crippen LogP contribution in [0.1, 0.15) is 36.1 Å². The summed E-state index contributed by atoms with van der Waals surface area (Å²) in [4.78, 5) is 0. The molecule has 0 fully saturated rings. The SMILES string of the molecule is CCNC1CCc2ccc3c(c21)CCO3. The minimum atomic E-state index is 0.571. The lowest BCUT2D eigenvalue weighted by Crippen LogP contribution is -2.19. The van der Waals surface area contributed by atoms with E-state index in [1.54, 1.807) is 5.56 Å². The van der Waals surface area contributed by atoms with Gasteiger partial charge in [0.2, 0.25) is 0 Å². The molecule has 1 N–H and O–H groups in total. The van der Waals surface area contributed by atoms with Crippen molar-refractivity contribution >= 4 is 0 Å². The van der Waals surface area contributed by atoms with E-state index in [0.29, 0.717) is 6.04 Å². The summed E-state index contributed by atoms with van der Waals surface area (Å²) in [5.41, 5.74) is 4.55. The number of hydrogen-bond donors (Lipinski definition) is 1. The number of aryl methyl sites for hydroxylation is 1. The lowest BCUT2D eigenvalue weighted by atomic mass is 9.99. The molecule has 0 radical (unpaired) electrons. The first-order valence-electron chi connectivity index (χ1n) is 5.91. The molecule has 1 atom stereocenters. The Kier molecular flexibility index (Phi) is 2.17. The van der Waals surface area contributed by atoms with Gasteiger partial charge in [0.05, 0.1) is 6.61 Å². The van der Waals surface area contributed by atoms with Crippen molar-refractivity contribution in [2.75, 3.05) is 13.2 Å². The predicted octanol–water partition coefficient (Wildman–Crippen LogP) is 2.22. The second-order valence-electron chi connectivity index (χ2n) is 4.36. The van der Waals surface area contributed by atoms with Crippen molar-refractivity contribution in [2.24, 2.45) is 0 Å². The van der Waals surface area contributed by atoms with Gasteiger partial charge in [-0.3, -0.25) is 0 Å². The van der Waals surface area contributed by atoms with Gasteiger partial charge in [-0.2, -0.15) is 0 Å². The Morgan fingerprint density at radius 1 is 1.40 bits per heavy atom. The van der Waals surface area contributed by atoms with E-state index in [-0.39, 0.29) is 0 Å². The molecule has 1 aliphatic heterocycles.